The molecule has 0 aliphatic carbocycles. The van der Waals surface area contributed by atoms with Crippen molar-refractivity contribution in [1.82, 2.24) is 9.78 Å². The summed E-state index contributed by atoms with van der Waals surface area (Å²) in [5.41, 5.74) is 9.40. The Hall–Kier alpha value is -1.77. The highest BCUT2D eigenvalue weighted by molar-refractivity contribution is 5.76. The minimum Gasteiger partial charge on any atom is -0.383 e. The van der Waals surface area contributed by atoms with E-state index in [1.165, 1.54) is 0 Å². The molecule has 90 valence electrons. The number of aryl methyl sites for hydroxylation is 1. The minimum atomic E-state index is 0.339. The zero-order valence-corrected chi connectivity index (χ0v) is 10.6. The molecule has 0 aliphatic rings. The predicted octanol–water partition coefficient (Wildman–Crippen LogP) is 3.41. The summed E-state index contributed by atoms with van der Waals surface area (Å²) >= 11 is 0. The van der Waals surface area contributed by atoms with Crippen LogP contribution >= 0.6 is 0 Å². The van der Waals surface area contributed by atoms with Crippen LogP contribution in [0.5, 0.6) is 0 Å². The molecule has 1 heterocycles. The number of rotatable bonds is 3. The van der Waals surface area contributed by atoms with E-state index in [9.17, 15) is 0 Å². The van der Waals surface area contributed by atoms with Gasteiger partial charge in [0.1, 0.15) is 5.82 Å². The Labute approximate surface area is 102 Å². The molecule has 2 rings (SSSR count). The summed E-state index contributed by atoms with van der Waals surface area (Å²) in [5.74, 6) is 0.767. The number of hydrogen-bond acceptors (Lipinski definition) is 2. The molecule has 0 bridgehead atoms. The molecule has 0 fully saturated rings. The molecular weight excluding hydrogens is 210 g/mol. The average molecular weight is 229 g/mol. The third-order valence-corrected chi connectivity index (χ3v) is 3.19. The Kier molecular flexibility index (Phi) is 3.18. The number of anilines is 1. The van der Waals surface area contributed by atoms with Gasteiger partial charge in [0.25, 0.3) is 0 Å². The lowest BCUT2D eigenvalue weighted by molar-refractivity contribution is 0.482. The smallest absolute Gasteiger partial charge is 0.130 e. The SMILES string of the molecule is CCC(C)n1nc(C)c(-c2ccccc2)c1N. The first-order valence-corrected chi connectivity index (χ1v) is 6.05. The van der Waals surface area contributed by atoms with Crippen LogP contribution in [0.15, 0.2) is 30.3 Å². The van der Waals surface area contributed by atoms with Crippen LogP contribution in [0.3, 0.4) is 0 Å². The van der Waals surface area contributed by atoms with Crippen molar-refractivity contribution < 1.29 is 0 Å². The van der Waals surface area contributed by atoms with Crippen molar-refractivity contribution in [1.29, 1.82) is 0 Å². The molecule has 1 aromatic heterocycles. The van der Waals surface area contributed by atoms with Gasteiger partial charge in [0.05, 0.1) is 11.7 Å². The molecule has 1 unspecified atom stereocenters. The number of aromatic nitrogens is 2. The first kappa shape index (κ1) is 11.7. The molecule has 0 radical (unpaired) electrons. The molecule has 3 heteroatoms. The van der Waals surface area contributed by atoms with Gasteiger partial charge in [-0.3, -0.25) is 0 Å². The zero-order valence-electron chi connectivity index (χ0n) is 10.6. The fourth-order valence-electron chi connectivity index (χ4n) is 2.04. The van der Waals surface area contributed by atoms with Gasteiger partial charge in [0.2, 0.25) is 0 Å². The van der Waals surface area contributed by atoms with Gasteiger partial charge in [0.15, 0.2) is 0 Å². The van der Waals surface area contributed by atoms with Crippen LogP contribution in [-0.4, -0.2) is 9.78 Å². The second kappa shape index (κ2) is 4.62. The summed E-state index contributed by atoms with van der Waals surface area (Å²) in [6.07, 6.45) is 1.03. The molecule has 0 saturated heterocycles. The van der Waals surface area contributed by atoms with Gasteiger partial charge in [-0.15, -0.1) is 0 Å². The van der Waals surface area contributed by atoms with Gasteiger partial charge in [-0.05, 0) is 25.8 Å². The Morgan fingerprint density at radius 1 is 1.29 bits per heavy atom. The fraction of sp³-hybridized carbons (Fsp3) is 0.357. The van der Waals surface area contributed by atoms with Crippen molar-refractivity contribution >= 4 is 5.82 Å². The highest BCUT2D eigenvalue weighted by Gasteiger charge is 2.16. The van der Waals surface area contributed by atoms with Gasteiger partial charge in [-0.2, -0.15) is 5.10 Å². The molecule has 0 spiro atoms. The topological polar surface area (TPSA) is 43.8 Å². The maximum absolute atomic E-state index is 6.21. The van der Waals surface area contributed by atoms with Crippen LogP contribution in [0.4, 0.5) is 5.82 Å². The van der Waals surface area contributed by atoms with Crippen molar-refractivity contribution in [3.8, 4) is 11.1 Å². The lowest BCUT2D eigenvalue weighted by Gasteiger charge is -2.11. The monoisotopic (exact) mass is 229 g/mol. The van der Waals surface area contributed by atoms with Crippen LogP contribution < -0.4 is 5.73 Å². The Morgan fingerprint density at radius 2 is 1.94 bits per heavy atom. The third kappa shape index (κ3) is 2.05. The largest absolute Gasteiger partial charge is 0.383 e. The number of benzene rings is 1. The number of nitrogens with zero attached hydrogens (tertiary/aromatic N) is 2. The lowest BCUT2D eigenvalue weighted by Crippen LogP contribution is -2.09. The van der Waals surface area contributed by atoms with Crippen molar-refractivity contribution in [2.24, 2.45) is 0 Å². The molecule has 0 saturated carbocycles. The van der Waals surface area contributed by atoms with Crippen molar-refractivity contribution in [3.63, 3.8) is 0 Å². The molecule has 1 atom stereocenters. The van der Waals surface area contributed by atoms with Gasteiger partial charge in [-0.1, -0.05) is 37.3 Å². The highest BCUT2D eigenvalue weighted by atomic mass is 15.3. The summed E-state index contributed by atoms with van der Waals surface area (Å²) < 4.78 is 1.93. The lowest BCUT2D eigenvalue weighted by atomic mass is 10.1. The van der Waals surface area contributed by atoms with Crippen molar-refractivity contribution in [2.45, 2.75) is 33.2 Å². The zero-order chi connectivity index (χ0) is 12.4. The highest BCUT2D eigenvalue weighted by Crippen LogP contribution is 2.31. The quantitative estimate of drug-likeness (QED) is 0.876. The van der Waals surface area contributed by atoms with E-state index in [0.29, 0.717) is 6.04 Å². The first-order valence-electron chi connectivity index (χ1n) is 6.05. The third-order valence-electron chi connectivity index (χ3n) is 3.19. The molecule has 1 aromatic carbocycles. The Bertz CT molecular complexity index is 500. The minimum absolute atomic E-state index is 0.339. The number of hydrogen-bond donors (Lipinski definition) is 1. The number of nitrogens with two attached hydrogens (primary N) is 1. The average Bonchev–Trinajstić information content (AvgIpc) is 2.65. The molecule has 17 heavy (non-hydrogen) atoms. The van der Waals surface area contributed by atoms with E-state index in [1.54, 1.807) is 0 Å². The summed E-state index contributed by atoms with van der Waals surface area (Å²) in [7, 11) is 0. The summed E-state index contributed by atoms with van der Waals surface area (Å²) in [6, 6.07) is 10.5. The van der Waals surface area contributed by atoms with Crippen LogP contribution in [0.2, 0.25) is 0 Å². The van der Waals surface area contributed by atoms with E-state index >= 15 is 0 Å². The normalized spacial score (nSPS) is 12.6. The molecule has 0 aliphatic heterocycles. The molecule has 2 N–H and O–H groups in total. The van der Waals surface area contributed by atoms with E-state index in [-0.39, 0.29) is 0 Å². The molecule has 0 amide bonds. The van der Waals surface area contributed by atoms with Crippen LogP contribution in [-0.2, 0) is 0 Å². The van der Waals surface area contributed by atoms with Crippen molar-refractivity contribution in [2.75, 3.05) is 5.73 Å². The van der Waals surface area contributed by atoms with Gasteiger partial charge in [-0.25, -0.2) is 4.68 Å². The summed E-state index contributed by atoms with van der Waals surface area (Å²) in [6.45, 7) is 6.29. The van der Waals surface area contributed by atoms with Gasteiger partial charge in [0, 0.05) is 5.56 Å². The molecular formula is C14H19N3. The Balaban J connectivity index is 2.53. The first-order chi connectivity index (χ1) is 8.15. The van der Waals surface area contributed by atoms with Crippen LogP contribution in [0.25, 0.3) is 11.1 Å². The summed E-state index contributed by atoms with van der Waals surface area (Å²) in [5, 5.41) is 4.55. The van der Waals surface area contributed by atoms with E-state index in [0.717, 1.165) is 29.1 Å². The second-order valence-electron chi connectivity index (χ2n) is 4.41. The van der Waals surface area contributed by atoms with E-state index in [4.69, 9.17) is 5.73 Å². The number of nitrogen functional groups attached to an aromatic ring is 1. The second-order valence-corrected chi connectivity index (χ2v) is 4.41. The maximum Gasteiger partial charge on any atom is 0.130 e. The van der Waals surface area contributed by atoms with Gasteiger partial charge < -0.3 is 5.73 Å². The van der Waals surface area contributed by atoms with Gasteiger partial charge >= 0.3 is 0 Å². The van der Waals surface area contributed by atoms with E-state index in [1.807, 2.05) is 29.8 Å². The predicted molar refractivity (Wildman–Crippen MR) is 71.8 cm³/mol. The molecule has 3 nitrogen and oxygen atoms in total. The van der Waals surface area contributed by atoms with Crippen molar-refractivity contribution in [3.05, 3.63) is 36.0 Å². The van der Waals surface area contributed by atoms with Crippen LogP contribution in [0, 0.1) is 6.92 Å². The maximum atomic E-state index is 6.21. The van der Waals surface area contributed by atoms with E-state index in [2.05, 4.69) is 31.1 Å². The van der Waals surface area contributed by atoms with E-state index < -0.39 is 0 Å². The standard InChI is InChI=1S/C14H19N3/c1-4-10(2)17-14(15)13(11(3)16-17)12-8-6-5-7-9-12/h5-10H,4,15H2,1-3H3. The summed E-state index contributed by atoms with van der Waals surface area (Å²) in [4.78, 5) is 0. The van der Waals surface area contributed by atoms with Crippen LogP contribution in [0.1, 0.15) is 32.0 Å². The fourth-order valence-corrected chi connectivity index (χ4v) is 2.04. The Morgan fingerprint density at radius 3 is 2.53 bits per heavy atom. The molecule has 2 aromatic rings.